The van der Waals surface area contributed by atoms with Gasteiger partial charge in [0.2, 0.25) is 0 Å². The fourth-order valence-corrected chi connectivity index (χ4v) is 9.19. The van der Waals surface area contributed by atoms with Crippen molar-refractivity contribution < 1.29 is 14.6 Å². The molecule has 0 aromatic rings. The molecule has 148 valence electrons. The van der Waals surface area contributed by atoms with Crippen LogP contribution in [-0.2, 0) is 9.47 Å². The van der Waals surface area contributed by atoms with Gasteiger partial charge in [0.05, 0.1) is 19.3 Å². The lowest BCUT2D eigenvalue weighted by Gasteiger charge is -2.67. The van der Waals surface area contributed by atoms with E-state index in [9.17, 15) is 5.11 Å². The maximum atomic E-state index is 10.7. The molecule has 5 fully saturated rings. The average molecular weight is 363 g/mol. The third kappa shape index (κ3) is 2.01. The van der Waals surface area contributed by atoms with Crippen molar-refractivity contribution >= 4 is 0 Å². The molecule has 0 radical (unpaired) electrons. The molecule has 26 heavy (non-hydrogen) atoms. The van der Waals surface area contributed by atoms with Gasteiger partial charge in [0.25, 0.3) is 0 Å². The minimum Gasteiger partial charge on any atom is -0.393 e. The summed E-state index contributed by atoms with van der Waals surface area (Å²) in [7, 11) is 0. The highest BCUT2D eigenvalue weighted by Gasteiger charge is 2.67. The fourth-order valence-electron chi connectivity index (χ4n) is 9.19. The summed E-state index contributed by atoms with van der Waals surface area (Å²) in [6, 6.07) is 0. The minimum absolute atomic E-state index is 0.0790. The molecule has 1 aliphatic heterocycles. The summed E-state index contributed by atoms with van der Waals surface area (Å²) in [5.41, 5.74) is 0.965. The fraction of sp³-hybridized carbons (Fsp3) is 1.00. The molecule has 0 aromatic heterocycles. The second kappa shape index (κ2) is 5.48. The highest BCUT2D eigenvalue weighted by Crippen LogP contribution is 2.72. The largest absolute Gasteiger partial charge is 0.393 e. The summed E-state index contributed by atoms with van der Waals surface area (Å²) in [5, 5.41) is 10.7. The van der Waals surface area contributed by atoms with E-state index in [1.54, 1.807) is 0 Å². The Morgan fingerprint density at radius 3 is 2.12 bits per heavy atom. The van der Waals surface area contributed by atoms with Crippen LogP contribution in [0.5, 0.6) is 0 Å². The molecular formula is C23H38O3. The molecule has 1 saturated heterocycles. The van der Waals surface area contributed by atoms with Crippen LogP contribution >= 0.6 is 0 Å². The second-order valence-electron chi connectivity index (χ2n) is 11.2. The first kappa shape index (κ1) is 17.9. The van der Waals surface area contributed by atoms with Gasteiger partial charge >= 0.3 is 0 Å². The zero-order chi connectivity index (χ0) is 18.4. The van der Waals surface area contributed by atoms with Crippen LogP contribution in [0.3, 0.4) is 0 Å². The van der Waals surface area contributed by atoms with Gasteiger partial charge in [-0.15, -0.1) is 0 Å². The predicted octanol–water partition coefficient (Wildman–Crippen LogP) is 4.77. The lowest BCUT2D eigenvalue weighted by atomic mass is 9.38. The minimum atomic E-state index is -0.287. The van der Waals surface area contributed by atoms with E-state index in [2.05, 4.69) is 27.7 Å². The molecule has 1 spiro atoms. The molecule has 3 unspecified atom stereocenters. The first-order valence-electron chi connectivity index (χ1n) is 11.2. The Balaban J connectivity index is 1.49. The quantitative estimate of drug-likeness (QED) is 0.675. The van der Waals surface area contributed by atoms with Crippen LogP contribution in [-0.4, -0.2) is 30.2 Å². The first-order chi connectivity index (χ1) is 12.3. The van der Waals surface area contributed by atoms with E-state index in [4.69, 9.17) is 9.47 Å². The topological polar surface area (TPSA) is 38.7 Å². The Morgan fingerprint density at radius 1 is 0.731 bits per heavy atom. The molecule has 0 amide bonds. The van der Waals surface area contributed by atoms with Gasteiger partial charge in [-0.25, -0.2) is 0 Å². The van der Waals surface area contributed by atoms with Gasteiger partial charge in [-0.1, -0.05) is 27.7 Å². The van der Waals surface area contributed by atoms with E-state index in [1.807, 2.05) is 0 Å². The van der Waals surface area contributed by atoms with Crippen LogP contribution in [0.2, 0.25) is 0 Å². The molecule has 5 rings (SSSR count). The Kier molecular flexibility index (Phi) is 3.78. The van der Waals surface area contributed by atoms with E-state index in [-0.39, 0.29) is 17.3 Å². The number of hydrogen-bond donors (Lipinski definition) is 1. The molecule has 1 N–H and O–H groups in total. The molecule has 3 heteroatoms. The number of aliphatic hydroxyl groups is 1. The van der Waals surface area contributed by atoms with Gasteiger partial charge in [0, 0.05) is 12.3 Å². The van der Waals surface area contributed by atoms with Gasteiger partial charge in [-0.05, 0) is 78.9 Å². The number of ether oxygens (including phenoxy) is 2. The molecule has 0 aromatic carbocycles. The van der Waals surface area contributed by atoms with Crippen LogP contribution in [0.4, 0.5) is 0 Å². The molecule has 5 aliphatic rings. The average Bonchev–Trinajstić information content (AvgIpc) is 3.19. The smallest absolute Gasteiger partial charge is 0.171 e. The summed E-state index contributed by atoms with van der Waals surface area (Å²) < 4.78 is 12.4. The molecular weight excluding hydrogens is 324 g/mol. The van der Waals surface area contributed by atoms with E-state index in [0.29, 0.717) is 28.6 Å². The van der Waals surface area contributed by atoms with Crippen molar-refractivity contribution in [3.63, 3.8) is 0 Å². The molecule has 3 nitrogen and oxygen atoms in total. The number of rotatable bonds is 0. The maximum absolute atomic E-state index is 10.7. The first-order valence-corrected chi connectivity index (χ1v) is 11.2. The third-order valence-electron chi connectivity index (χ3n) is 10.6. The lowest BCUT2D eigenvalue weighted by Crippen LogP contribution is -2.63. The summed E-state index contributed by atoms with van der Waals surface area (Å²) in [5.74, 6) is 2.41. The standard InChI is InChI=1S/C23H38O3/c1-15-16-7-9-21(3)17-5-6-19(24)22(17,4)10-8-18(21)20(16,2)11-12-23(15)25-13-14-26-23/h15-19,24H,5-14H2,1-4H3/t15?,16?,17-,18+,19?,20-,21-,22-/m0/s1. The number of aliphatic hydroxyl groups excluding tert-OH is 1. The van der Waals surface area contributed by atoms with E-state index < -0.39 is 0 Å². The number of fused-ring (bicyclic) bond motifs is 5. The second-order valence-corrected chi connectivity index (χ2v) is 11.2. The third-order valence-corrected chi connectivity index (χ3v) is 10.6. The van der Waals surface area contributed by atoms with Gasteiger partial charge in [0.1, 0.15) is 0 Å². The highest BCUT2D eigenvalue weighted by atomic mass is 16.7. The van der Waals surface area contributed by atoms with Crippen LogP contribution in [0.25, 0.3) is 0 Å². The highest BCUT2D eigenvalue weighted by molar-refractivity contribution is 5.15. The van der Waals surface area contributed by atoms with Gasteiger partial charge in [-0.2, -0.15) is 0 Å². The van der Waals surface area contributed by atoms with Crippen LogP contribution in [0.15, 0.2) is 0 Å². The summed E-state index contributed by atoms with van der Waals surface area (Å²) in [6.45, 7) is 11.5. The molecule has 8 atom stereocenters. The summed E-state index contributed by atoms with van der Waals surface area (Å²) in [6.07, 6.45) is 9.63. The van der Waals surface area contributed by atoms with Crippen LogP contribution in [0, 0.1) is 39.9 Å². The summed E-state index contributed by atoms with van der Waals surface area (Å²) in [4.78, 5) is 0. The Hall–Kier alpha value is -0.120. The zero-order valence-corrected chi connectivity index (χ0v) is 17.2. The maximum Gasteiger partial charge on any atom is 0.171 e. The Labute approximate surface area is 159 Å². The van der Waals surface area contributed by atoms with E-state index >= 15 is 0 Å². The van der Waals surface area contributed by atoms with Crippen molar-refractivity contribution in [2.24, 2.45) is 39.9 Å². The predicted molar refractivity (Wildman–Crippen MR) is 102 cm³/mol. The van der Waals surface area contributed by atoms with E-state index in [1.165, 1.54) is 38.5 Å². The SMILES string of the molecule is CC1C2CC[C@]3(C)[C@H](CC[C@]4(C)C(O)CC[C@@H]34)[C@@]2(C)CCC12OCCO2. The van der Waals surface area contributed by atoms with Crippen molar-refractivity contribution in [2.75, 3.05) is 13.2 Å². The number of hydrogen-bond acceptors (Lipinski definition) is 3. The van der Waals surface area contributed by atoms with Crippen LogP contribution in [0.1, 0.15) is 79.1 Å². The van der Waals surface area contributed by atoms with Gasteiger partial charge < -0.3 is 14.6 Å². The van der Waals surface area contributed by atoms with Crippen molar-refractivity contribution in [3.05, 3.63) is 0 Å². The normalized spacial score (nSPS) is 58.3. The van der Waals surface area contributed by atoms with Gasteiger partial charge in [0.15, 0.2) is 5.79 Å². The zero-order valence-electron chi connectivity index (χ0n) is 17.2. The molecule has 0 bridgehead atoms. The van der Waals surface area contributed by atoms with Gasteiger partial charge in [-0.3, -0.25) is 0 Å². The monoisotopic (exact) mass is 362 g/mol. The Bertz CT molecular complexity index is 584. The van der Waals surface area contributed by atoms with Crippen molar-refractivity contribution in [2.45, 2.75) is 91.0 Å². The molecule has 1 heterocycles. The van der Waals surface area contributed by atoms with Crippen molar-refractivity contribution in [3.8, 4) is 0 Å². The Morgan fingerprint density at radius 2 is 1.38 bits per heavy atom. The lowest BCUT2D eigenvalue weighted by molar-refractivity contribution is -0.273. The molecule has 4 saturated carbocycles. The van der Waals surface area contributed by atoms with Crippen LogP contribution < -0.4 is 0 Å². The van der Waals surface area contributed by atoms with E-state index in [0.717, 1.165) is 32.0 Å². The summed E-state index contributed by atoms with van der Waals surface area (Å²) >= 11 is 0. The van der Waals surface area contributed by atoms with Crippen molar-refractivity contribution in [1.82, 2.24) is 0 Å². The van der Waals surface area contributed by atoms with Crippen molar-refractivity contribution in [1.29, 1.82) is 0 Å². The molecule has 4 aliphatic carbocycles.